The quantitative estimate of drug-likeness (QED) is 0.883. The Balaban J connectivity index is 2.14. The van der Waals surface area contributed by atoms with Crippen LogP contribution in [0.25, 0.3) is 0 Å². The summed E-state index contributed by atoms with van der Waals surface area (Å²) in [6.07, 6.45) is 1.69. The minimum absolute atomic E-state index is 0.168. The van der Waals surface area contributed by atoms with E-state index in [1.807, 2.05) is 0 Å². The van der Waals surface area contributed by atoms with Crippen molar-refractivity contribution < 1.29 is 24.5 Å². The molecular weight excluding hydrogens is 260 g/mol. The van der Waals surface area contributed by atoms with Gasteiger partial charge in [0, 0.05) is 29.5 Å². The number of phenols is 1. The molecule has 5 heteroatoms. The van der Waals surface area contributed by atoms with Crippen LogP contribution in [0.2, 0.25) is 0 Å². The summed E-state index contributed by atoms with van der Waals surface area (Å²) in [6.45, 7) is 4.44. The van der Waals surface area contributed by atoms with Crippen LogP contribution in [-0.2, 0) is 24.1 Å². The van der Waals surface area contributed by atoms with E-state index in [-0.39, 0.29) is 5.75 Å². The molecule has 0 spiro atoms. The van der Waals surface area contributed by atoms with Crippen molar-refractivity contribution in [1.29, 1.82) is 0 Å². The summed E-state index contributed by atoms with van der Waals surface area (Å²) in [7, 11) is 0. The van der Waals surface area contributed by atoms with Gasteiger partial charge >= 0.3 is 5.97 Å². The van der Waals surface area contributed by atoms with Gasteiger partial charge in [-0.25, -0.2) is 0 Å². The summed E-state index contributed by atoms with van der Waals surface area (Å²) < 4.78 is 11.2. The molecule has 0 atom stereocenters. The van der Waals surface area contributed by atoms with Gasteiger partial charge < -0.3 is 19.7 Å². The third-order valence-electron chi connectivity index (χ3n) is 4.08. The van der Waals surface area contributed by atoms with Gasteiger partial charge in [-0.1, -0.05) is 0 Å². The molecule has 1 aromatic carbocycles. The monoisotopic (exact) mass is 278 g/mol. The van der Waals surface area contributed by atoms with Gasteiger partial charge in [-0.05, 0) is 20.3 Å². The molecule has 5 nitrogen and oxygen atoms in total. The van der Waals surface area contributed by atoms with Crippen LogP contribution < -0.4 is 9.47 Å². The number of phenolic OH excluding ortho intramolecular Hbond substituents is 1. The van der Waals surface area contributed by atoms with E-state index in [2.05, 4.69) is 0 Å². The number of ether oxygens (including phenoxy) is 2. The van der Waals surface area contributed by atoms with Gasteiger partial charge in [0.2, 0.25) is 0 Å². The predicted octanol–water partition coefficient (Wildman–Crippen LogP) is 1.92. The van der Waals surface area contributed by atoms with E-state index in [1.165, 1.54) is 0 Å². The van der Waals surface area contributed by atoms with Crippen LogP contribution in [0.15, 0.2) is 0 Å². The van der Waals surface area contributed by atoms with Gasteiger partial charge in [0.25, 0.3) is 0 Å². The van der Waals surface area contributed by atoms with E-state index in [4.69, 9.17) is 9.47 Å². The number of hydrogen-bond acceptors (Lipinski definition) is 4. The van der Waals surface area contributed by atoms with Gasteiger partial charge in [0.05, 0.1) is 18.6 Å². The molecule has 0 saturated carbocycles. The lowest BCUT2D eigenvalue weighted by atomic mass is 9.82. The van der Waals surface area contributed by atoms with Crippen molar-refractivity contribution in [2.45, 2.75) is 33.1 Å². The summed E-state index contributed by atoms with van der Waals surface area (Å²) in [4.78, 5) is 11.4. The molecule has 0 aliphatic carbocycles. The molecule has 0 amide bonds. The zero-order valence-electron chi connectivity index (χ0n) is 11.7. The smallest absolute Gasteiger partial charge is 0.309 e. The van der Waals surface area contributed by atoms with Gasteiger partial charge in [0.1, 0.15) is 5.75 Å². The summed E-state index contributed by atoms with van der Waals surface area (Å²) in [5.74, 6) is 0.512. The number of hydrogen-bond donors (Lipinski definition) is 2. The van der Waals surface area contributed by atoms with Crippen molar-refractivity contribution in [1.82, 2.24) is 0 Å². The van der Waals surface area contributed by atoms with Crippen molar-refractivity contribution >= 4 is 5.97 Å². The Bertz CT molecular complexity index is 553. The highest BCUT2D eigenvalue weighted by molar-refractivity contribution is 5.75. The third kappa shape index (κ3) is 1.80. The molecular formula is C15H18O5. The summed E-state index contributed by atoms with van der Waals surface area (Å²) in [6, 6.07) is 0. The highest BCUT2D eigenvalue weighted by atomic mass is 16.5. The lowest BCUT2D eigenvalue weighted by molar-refractivity contribution is -0.146. The van der Waals surface area contributed by atoms with Crippen molar-refractivity contribution in [2.75, 3.05) is 13.2 Å². The molecule has 0 aromatic heterocycles. The fourth-order valence-corrected chi connectivity index (χ4v) is 2.88. The van der Waals surface area contributed by atoms with Crippen molar-refractivity contribution in [3.8, 4) is 17.2 Å². The van der Waals surface area contributed by atoms with E-state index >= 15 is 0 Å². The Morgan fingerprint density at radius 3 is 2.40 bits per heavy atom. The molecule has 0 fully saturated rings. The number of aliphatic carboxylic acids is 1. The Kier molecular flexibility index (Phi) is 2.81. The molecule has 2 aliphatic rings. The number of carbonyl (C=O) groups is 1. The second-order valence-corrected chi connectivity index (χ2v) is 6.01. The Morgan fingerprint density at radius 1 is 1.15 bits per heavy atom. The fraction of sp³-hybridized carbons (Fsp3) is 0.533. The Hall–Kier alpha value is -1.91. The first-order valence-corrected chi connectivity index (χ1v) is 6.80. The van der Waals surface area contributed by atoms with E-state index in [9.17, 15) is 15.0 Å². The minimum Gasteiger partial charge on any atom is -0.504 e. The van der Waals surface area contributed by atoms with Crippen LogP contribution in [-0.4, -0.2) is 29.4 Å². The second-order valence-electron chi connectivity index (χ2n) is 6.01. The maximum atomic E-state index is 11.4. The molecule has 0 radical (unpaired) electrons. The maximum absolute atomic E-state index is 11.4. The number of rotatable bonds is 3. The molecule has 2 heterocycles. The summed E-state index contributed by atoms with van der Waals surface area (Å²) in [5, 5.41) is 19.6. The predicted molar refractivity (Wildman–Crippen MR) is 71.6 cm³/mol. The molecule has 1 aromatic rings. The largest absolute Gasteiger partial charge is 0.504 e. The first kappa shape index (κ1) is 13.1. The minimum atomic E-state index is -0.882. The van der Waals surface area contributed by atoms with Crippen LogP contribution >= 0.6 is 0 Å². The zero-order chi connectivity index (χ0) is 14.5. The first-order chi connectivity index (χ1) is 9.42. The number of carboxylic acids is 1. The molecule has 0 unspecified atom stereocenters. The van der Waals surface area contributed by atoms with E-state index < -0.39 is 11.4 Å². The fourth-order valence-electron chi connectivity index (χ4n) is 2.88. The van der Waals surface area contributed by atoms with Gasteiger partial charge in [-0.3, -0.25) is 4.79 Å². The van der Waals surface area contributed by atoms with E-state index in [0.29, 0.717) is 44.0 Å². The van der Waals surface area contributed by atoms with Crippen LogP contribution in [0.1, 0.15) is 30.5 Å². The average molecular weight is 278 g/mol. The maximum Gasteiger partial charge on any atom is 0.309 e. The number of fused-ring (bicyclic) bond motifs is 2. The van der Waals surface area contributed by atoms with Gasteiger partial charge in [0.15, 0.2) is 11.5 Å². The number of aromatic hydroxyl groups is 1. The Morgan fingerprint density at radius 2 is 1.75 bits per heavy atom. The van der Waals surface area contributed by atoms with Crippen LogP contribution in [0, 0.1) is 5.41 Å². The lowest BCUT2D eigenvalue weighted by Crippen LogP contribution is -2.26. The van der Waals surface area contributed by atoms with Crippen molar-refractivity contribution in [2.24, 2.45) is 5.41 Å². The number of benzene rings is 1. The van der Waals surface area contributed by atoms with Crippen LogP contribution in [0.4, 0.5) is 0 Å². The molecule has 0 saturated heterocycles. The zero-order valence-corrected chi connectivity index (χ0v) is 11.7. The van der Waals surface area contributed by atoms with E-state index in [1.54, 1.807) is 13.8 Å². The molecule has 2 N–H and O–H groups in total. The summed E-state index contributed by atoms with van der Waals surface area (Å²) in [5.41, 5.74) is 1.65. The SMILES string of the molecule is CC(C)(Cc1c2c(c(O)c3c1OCC3)OCC2)C(=O)O. The van der Waals surface area contributed by atoms with Crippen molar-refractivity contribution in [3.63, 3.8) is 0 Å². The highest BCUT2D eigenvalue weighted by Crippen LogP contribution is 2.49. The topological polar surface area (TPSA) is 76.0 Å². The van der Waals surface area contributed by atoms with Crippen LogP contribution in [0.3, 0.4) is 0 Å². The van der Waals surface area contributed by atoms with Crippen molar-refractivity contribution in [3.05, 3.63) is 16.7 Å². The third-order valence-corrected chi connectivity index (χ3v) is 4.08. The normalized spacial score (nSPS) is 16.3. The molecule has 108 valence electrons. The van der Waals surface area contributed by atoms with Gasteiger partial charge in [-0.2, -0.15) is 0 Å². The molecule has 2 aliphatic heterocycles. The molecule has 0 bridgehead atoms. The standard InChI is InChI=1S/C15H18O5/c1-15(2,14(17)18)7-10-8-3-5-20-13(8)11(16)9-4-6-19-12(9)10/h16H,3-7H2,1-2H3,(H,17,18). The first-order valence-electron chi connectivity index (χ1n) is 6.80. The highest BCUT2D eigenvalue weighted by Gasteiger charge is 2.36. The second kappa shape index (κ2) is 4.30. The average Bonchev–Trinajstić information content (AvgIpc) is 3.03. The van der Waals surface area contributed by atoms with E-state index in [0.717, 1.165) is 16.7 Å². The van der Waals surface area contributed by atoms with Crippen LogP contribution in [0.5, 0.6) is 17.2 Å². The molecule has 3 rings (SSSR count). The van der Waals surface area contributed by atoms with Gasteiger partial charge in [-0.15, -0.1) is 0 Å². The Labute approximate surface area is 117 Å². The lowest BCUT2D eigenvalue weighted by Gasteiger charge is -2.22. The summed E-state index contributed by atoms with van der Waals surface area (Å²) >= 11 is 0. The number of carboxylic acid groups (broad SMARTS) is 1. The molecule has 20 heavy (non-hydrogen) atoms.